The highest BCUT2D eigenvalue weighted by atomic mass is 16.6. The van der Waals surface area contributed by atoms with Gasteiger partial charge in [-0.3, -0.25) is 4.79 Å². The predicted molar refractivity (Wildman–Crippen MR) is 78.7 cm³/mol. The van der Waals surface area contributed by atoms with Crippen LogP contribution >= 0.6 is 0 Å². The lowest BCUT2D eigenvalue weighted by Crippen LogP contribution is -2.57. The van der Waals surface area contributed by atoms with Crippen LogP contribution < -0.4 is 4.74 Å². The van der Waals surface area contributed by atoms with E-state index < -0.39 is 5.60 Å². The third-order valence-corrected chi connectivity index (χ3v) is 3.06. The molecular weight excluding hydrogens is 270 g/mol. The maximum atomic E-state index is 11.8. The second-order valence-corrected chi connectivity index (χ2v) is 6.21. The second-order valence-electron chi connectivity index (χ2n) is 6.21. The Labute approximate surface area is 124 Å². The van der Waals surface area contributed by atoms with Crippen molar-refractivity contribution in [2.24, 2.45) is 0 Å². The summed E-state index contributed by atoms with van der Waals surface area (Å²) in [6.07, 6.45) is -0.338. The first kappa shape index (κ1) is 15.4. The van der Waals surface area contributed by atoms with E-state index in [1.54, 1.807) is 29.2 Å². The van der Waals surface area contributed by atoms with Gasteiger partial charge in [-0.2, -0.15) is 0 Å². The Balaban J connectivity index is 1.80. The van der Waals surface area contributed by atoms with Crippen molar-refractivity contribution in [2.75, 3.05) is 13.1 Å². The first-order valence-corrected chi connectivity index (χ1v) is 7.00. The molecule has 1 amide bonds. The number of likely N-dealkylation sites (tertiary alicyclic amines) is 1. The Morgan fingerprint density at radius 3 is 2.19 bits per heavy atom. The molecule has 1 aromatic carbocycles. The molecule has 0 spiro atoms. The number of carbonyl (C=O) groups excluding carboxylic acids is 2. The number of nitrogens with zero attached hydrogens (tertiary/aromatic N) is 1. The molecule has 0 unspecified atom stereocenters. The Hall–Kier alpha value is -2.04. The van der Waals surface area contributed by atoms with Gasteiger partial charge in [0.25, 0.3) is 0 Å². The quantitative estimate of drug-likeness (QED) is 0.804. The zero-order valence-corrected chi connectivity index (χ0v) is 12.9. The number of benzene rings is 1. The van der Waals surface area contributed by atoms with Crippen LogP contribution in [0.1, 0.15) is 38.1 Å². The number of carbonyl (C=O) groups is 2. The molecule has 0 aliphatic carbocycles. The summed E-state index contributed by atoms with van der Waals surface area (Å²) >= 11 is 0. The molecule has 0 aromatic heterocycles. The van der Waals surface area contributed by atoms with E-state index in [1.807, 2.05) is 20.8 Å². The summed E-state index contributed by atoms with van der Waals surface area (Å²) in [7, 11) is 0. The minimum Gasteiger partial charge on any atom is -0.487 e. The molecule has 0 bridgehead atoms. The number of hydrogen-bond donors (Lipinski definition) is 0. The molecule has 114 valence electrons. The predicted octanol–water partition coefficient (Wildman–Crippen LogP) is 2.89. The van der Waals surface area contributed by atoms with Crippen molar-refractivity contribution in [1.29, 1.82) is 0 Å². The third kappa shape index (κ3) is 4.21. The summed E-state index contributed by atoms with van der Waals surface area (Å²) < 4.78 is 11.0. The molecule has 0 atom stereocenters. The highest BCUT2D eigenvalue weighted by molar-refractivity contribution is 5.94. The number of Topliss-reactive ketones (excluding diaryl/α,β-unsaturated/α-hetero) is 1. The molecule has 5 heteroatoms. The summed E-state index contributed by atoms with van der Waals surface area (Å²) in [5.74, 6) is 0.732. The zero-order valence-electron chi connectivity index (χ0n) is 12.9. The molecule has 1 aliphatic heterocycles. The molecule has 1 aliphatic rings. The van der Waals surface area contributed by atoms with Gasteiger partial charge in [-0.1, -0.05) is 0 Å². The van der Waals surface area contributed by atoms with Gasteiger partial charge in [0.15, 0.2) is 5.78 Å². The lowest BCUT2D eigenvalue weighted by molar-refractivity contribution is -0.0221. The van der Waals surface area contributed by atoms with Crippen molar-refractivity contribution in [2.45, 2.75) is 39.4 Å². The zero-order chi connectivity index (χ0) is 15.6. The SMILES string of the molecule is CC(=O)c1ccc(OC2CN(C(=O)OC(C)(C)C)C2)cc1. The van der Waals surface area contributed by atoms with Gasteiger partial charge >= 0.3 is 6.09 Å². The third-order valence-electron chi connectivity index (χ3n) is 3.06. The fourth-order valence-electron chi connectivity index (χ4n) is 1.95. The second kappa shape index (κ2) is 5.76. The Bertz CT molecular complexity index is 524. The standard InChI is InChI=1S/C16H21NO4/c1-11(18)12-5-7-13(8-6-12)20-14-9-17(10-14)15(19)21-16(2,3)4/h5-8,14H,9-10H2,1-4H3. The van der Waals surface area contributed by atoms with Crippen LogP contribution in [0.25, 0.3) is 0 Å². The molecule has 0 saturated carbocycles. The van der Waals surface area contributed by atoms with Crippen molar-refractivity contribution in [3.05, 3.63) is 29.8 Å². The van der Waals surface area contributed by atoms with Gasteiger partial charge in [0, 0.05) is 5.56 Å². The van der Waals surface area contributed by atoms with E-state index in [-0.39, 0.29) is 18.0 Å². The first-order chi connectivity index (χ1) is 9.74. The van der Waals surface area contributed by atoms with Gasteiger partial charge in [0.05, 0.1) is 13.1 Å². The van der Waals surface area contributed by atoms with Crippen LogP contribution in [0, 0.1) is 0 Å². The van der Waals surface area contributed by atoms with Gasteiger partial charge in [0.1, 0.15) is 17.5 Å². The van der Waals surface area contributed by atoms with E-state index in [9.17, 15) is 9.59 Å². The fraction of sp³-hybridized carbons (Fsp3) is 0.500. The van der Waals surface area contributed by atoms with E-state index in [1.165, 1.54) is 6.92 Å². The molecular formula is C16H21NO4. The first-order valence-electron chi connectivity index (χ1n) is 7.00. The summed E-state index contributed by atoms with van der Waals surface area (Å²) in [6, 6.07) is 7.02. The van der Waals surface area contributed by atoms with Crippen LogP contribution in [-0.4, -0.2) is 41.6 Å². The average molecular weight is 291 g/mol. The molecule has 0 radical (unpaired) electrons. The summed E-state index contributed by atoms with van der Waals surface area (Å²) in [5.41, 5.74) is 0.178. The molecule has 1 aromatic rings. The maximum Gasteiger partial charge on any atom is 0.410 e. The van der Waals surface area contributed by atoms with Crippen molar-refractivity contribution in [3.63, 3.8) is 0 Å². The van der Waals surface area contributed by atoms with Crippen molar-refractivity contribution < 1.29 is 19.1 Å². The number of ether oxygens (including phenoxy) is 2. The molecule has 5 nitrogen and oxygen atoms in total. The molecule has 1 saturated heterocycles. The molecule has 21 heavy (non-hydrogen) atoms. The number of ketones is 1. The van der Waals surface area contributed by atoms with Crippen molar-refractivity contribution in [1.82, 2.24) is 4.90 Å². The fourth-order valence-corrected chi connectivity index (χ4v) is 1.95. The highest BCUT2D eigenvalue weighted by Crippen LogP contribution is 2.21. The number of amides is 1. The highest BCUT2D eigenvalue weighted by Gasteiger charge is 2.35. The largest absolute Gasteiger partial charge is 0.487 e. The van der Waals surface area contributed by atoms with Crippen molar-refractivity contribution in [3.8, 4) is 5.75 Å². The Morgan fingerprint density at radius 1 is 1.14 bits per heavy atom. The lowest BCUT2D eigenvalue weighted by Gasteiger charge is -2.39. The van der Waals surface area contributed by atoms with Crippen molar-refractivity contribution >= 4 is 11.9 Å². The van der Waals surface area contributed by atoms with Gasteiger partial charge in [-0.25, -0.2) is 4.79 Å². The van der Waals surface area contributed by atoms with Crippen LogP contribution in [0.5, 0.6) is 5.75 Å². The van der Waals surface area contributed by atoms with Crippen LogP contribution in [0.15, 0.2) is 24.3 Å². The summed E-state index contributed by atoms with van der Waals surface area (Å²) in [6.45, 7) is 8.09. The van der Waals surface area contributed by atoms with Gasteiger partial charge in [-0.15, -0.1) is 0 Å². The molecule has 1 heterocycles. The molecule has 2 rings (SSSR count). The number of hydrogen-bond acceptors (Lipinski definition) is 4. The average Bonchev–Trinajstić information content (AvgIpc) is 2.31. The normalized spacial score (nSPS) is 15.3. The van der Waals surface area contributed by atoms with Crippen LogP contribution in [0.3, 0.4) is 0 Å². The van der Waals surface area contributed by atoms with Gasteiger partial charge in [0.2, 0.25) is 0 Å². The van der Waals surface area contributed by atoms with E-state index in [0.29, 0.717) is 24.4 Å². The minimum absolute atomic E-state index is 0.0271. The monoisotopic (exact) mass is 291 g/mol. The van der Waals surface area contributed by atoms with Crippen LogP contribution in [-0.2, 0) is 4.74 Å². The smallest absolute Gasteiger partial charge is 0.410 e. The summed E-state index contributed by atoms with van der Waals surface area (Å²) in [4.78, 5) is 24.6. The van der Waals surface area contributed by atoms with E-state index in [0.717, 1.165) is 0 Å². The van der Waals surface area contributed by atoms with E-state index >= 15 is 0 Å². The van der Waals surface area contributed by atoms with Crippen LogP contribution in [0.4, 0.5) is 4.79 Å². The Morgan fingerprint density at radius 2 is 1.71 bits per heavy atom. The summed E-state index contributed by atoms with van der Waals surface area (Å²) in [5, 5.41) is 0. The lowest BCUT2D eigenvalue weighted by atomic mass is 10.1. The molecule has 1 fully saturated rings. The van der Waals surface area contributed by atoms with Crippen LogP contribution in [0.2, 0.25) is 0 Å². The van der Waals surface area contributed by atoms with E-state index in [4.69, 9.17) is 9.47 Å². The number of rotatable bonds is 3. The Kier molecular flexibility index (Phi) is 4.21. The molecule has 0 N–H and O–H groups in total. The van der Waals surface area contributed by atoms with Gasteiger partial charge < -0.3 is 14.4 Å². The topological polar surface area (TPSA) is 55.8 Å². The van der Waals surface area contributed by atoms with Gasteiger partial charge in [-0.05, 0) is 52.0 Å². The minimum atomic E-state index is -0.481. The maximum absolute atomic E-state index is 11.8. The van der Waals surface area contributed by atoms with E-state index in [2.05, 4.69) is 0 Å².